The lowest BCUT2D eigenvalue weighted by atomic mass is 10.2. The zero-order chi connectivity index (χ0) is 16.1. The summed E-state index contributed by atoms with van der Waals surface area (Å²) in [7, 11) is 1.77. The van der Waals surface area contributed by atoms with Gasteiger partial charge in [-0.05, 0) is 24.3 Å². The summed E-state index contributed by atoms with van der Waals surface area (Å²) in [4.78, 5) is 16.2. The summed E-state index contributed by atoms with van der Waals surface area (Å²) in [5.74, 6) is -0.693. The van der Waals surface area contributed by atoms with E-state index in [1.54, 1.807) is 42.3 Å². The van der Waals surface area contributed by atoms with E-state index in [1.807, 2.05) is 0 Å². The Labute approximate surface area is 136 Å². The van der Waals surface area contributed by atoms with Crippen molar-refractivity contribution in [3.8, 4) is 0 Å². The quantitative estimate of drug-likeness (QED) is 0.305. The number of hydrogen-bond donors (Lipinski definition) is 1. The van der Waals surface area contributed by atoms with E-state index in [-0.39, 0.29) is 5.84 Å². The predicted molar refractivity (Wildman–Crippen MR) is 85.5 cm³/mol. The number of carbonyl (C=O) groups excluding carboxylic acids is 1. The van der Waals surface area contributed by atoms with E-state index in [4.69, 9.17) is 33.8 Å². The average Bonchev–Trinajstić information content (AvgIpc) is 2.88. The molecule has 8 heteroatoms. The molecule has 0 saturated carbocycles. The second-order valence-electron chi connectivity index (χ2n) is 4.29. The van der Waals surface area contributed by atoms with E-state index >= 15 is 0 Å². The van der Waals surface area contributed by atoms with Crippen LogP contribution in [0.4, 0.5) is 0 Å². The van der Waals surface area contributed by atoms with Gasteiger partial charge in [-0.2, -0.15) is 5.10 Å². The summed E-state index contributed by atoms with van der Waals surface area (Å²) in [6, 6.07) is 4.71. The molecule has 0 aliphatic carbocycles. The minimum Gasteiger partial charge on any atom is -0.380 e. The number of aromatic nitrogens is 2. The van der Waals surface area contributed by atoms with Crippen LogP contribution in [0.5, 0.6) is 0 Å². The summed E-state index contributed by atoms with van der Waals surface area (Å²) >= 11 is 11.8. The van der Waals surface area contributed by atoms with E-state index in [9.17, 15) is 4.79 Å². The number of oxime groups is 1. The SMILES string of the molecule is Cn1cc(/C=C/C(=O)O/N=C(\N)c2ccc(Cl)cc2Cl)cn1. The third-order valence-electron chi connectivity index (χ3n) is 2.58. The largest absolute Gasteiger partial charge is 0.380 e. The van der Waals surface area contributed by atoms with Gasteiger partial charge < -0.3 is 10.6 Å². The fraction of sp³-hybridized carbons (Fsp3) is 0.0714. The Kier molecular flexibility index (Phi) is 5.19. The molecule has 1 heterocycles. The molecule has 1 aromatic carbocycles. The highest BCUT2D eigenvalue weighted by Crippen LogP contribution is 2.20. The molecule has 0 fully saturated rings. The summed E-state index contributed by atoms with van der Waals surface area (Å²) in [5.41, 5.74) is 6.90. The van der Waals surface area contributed by atoms with Gasteiger partial charge in [0.1, 0.15) is 0 Å². The van der Waals surface area contributed by atoms with Gasteiger partial charge in [-0.15, -0.1) is 0 Å². The van der Waals surface area contributed by atoms with Gasteiger partial charge in [0.25, 0.3) is 0 Å². The molecule has 0 radical (unpaired) electrons. The van der Waals surface area contributed by atoms with Gasteiger partial charge in [-0.1, -0.05) is 28.4 Å². The Balaban J connectivity index is 2.01. The number of nitrogens with zero attached hydrogens (tertiary/aromatic N) is 3. The normalized spacial score (nSPS) is 11.9. The number of benzene rings is 1. The van der Waals surface area contributed by atoms with Crippen LogP contribution in [0, 0.1) is 0 Å². The topological polar surface area (TPSA) is 82.5 Å². The standard InChI is InChI=1S/C14H12Cl2N4O2/c1-20-8-9(7-18-20)2-5-13(21)22-19-14(17)11-4-3-10(15)6-12(11)16/h2-8H,1H3,(H2,17,19)/b5-2+. The van der Waals surface area contributed by atoms with Crippen molar-refractivity contribution in [2.24, 2.45) is 17.9 Å². The molecule has 2 N–H and O–H groups in total. The maximum atomic E-state index is 11.5. The van der Waals surface area contributed by atoms with Crippen LogP contribution in [0.1, 0.15) is 11.1 Å². The molecule has 0 unspecified atom stereocenters. The van der Waals surface area contributed by atoms with Gasteiger partial charge in [-0.25, -0.2) is 4.79 Å². The molecule has 0 saturated heterocycles. The molecule has 22 heavy (non-hydrogen) atoms. The molecular weight excluding hydrogens is 327 g/mol. The molecule has 0 aliphatic rings. The monoisotopic (exact) mass is 338 g/mol. The minimum absolute atomic E-state index is 0.0233. The molecule has 0 atom stereocenters. The highest BCUT2D eigenvalue weighted by molar-refractivity contribution is 6.36. The van der Waals surface area contributed by atoms with Crippen LogP contribution in [0.25, 0.3) is 6.08 Å². The molecule has 0 bridgehead atoms. The third kappa shape index (κ3) is 4.34. The summed E-state index contributed by atoms with van der Waals surface area (Å²) < 4.78 is 1.61. The first-order chi connectivity index (χ1) is 10.5. The van der Waals surface area contributed by atoms with E-state index in [0.29, 0.717) is 15.6 Å². The first kappa shape index (κ1) is 16.1. The van der Waals surface area contributed by atoms with E-state index in [2.05, 4.69) is 10.3 Å². The summed E-state index contributed by atoms with van der Waals surface area (Å²) in [6.45, 7) is 0. The van der Waals surface area contributed by atoms with Crippen molar-refractivity contribution >= 4 is 41.1 Å². The molecule has 0 spiro atoms. The number of carbonyl (C=O) groups is 1. The van der Waals surface area contributed by atoms with Crippen LogP contribution in [-0.4, -0.2) is 21.6 Å². The molecule has 2 rings (SSSR count). The smallest absolute Gasteiger partial charge is 0.358 e. The molecule has 0 amide bonds. The Morgan fingerprint density at radius 3 is 2.86 bits per heavy atom. The molecule has 1 aromatic heterocycles. The first-order valence-electron chi connectivity index (χ1n) is 6.12. The van der Waals surface area contributed by atoms with Crippen LogP contribution in [-0.2, 0) is 16.7 Å². The van der Waals surface area contributed by atoms with Crippen molar-refractivity contribution in [2.45, 2.75) is 0 Å². The van der Waals surface area contributed by atoms with Gasteiger partial charge in [0.15, 0.2) is 5.84 Å². The lowest BCUT2D eigenvalue weighted by molar-refractivity contribution is -0.137. The highest BCUT2D eigenvalue weighted by atomic mass is 35.5. The number of halogens is 2. The van der Waals surface area contributed by atoms with Crippen LogP contribution < -0.4 is 5.73 Å². The minimum atomic E-state index is -0.670. The average molecular weight is 339 g/mol. The maximum Gasteiger partial charge on any atom is 0.358 e. The second kappa shape index (κ2) is 7.11. The number of rotatable bonds is 4. The van der Waals surface area contributed by atoms with Crippen LogP contribution in [0.2, 0.25) is 10.0 Å². The second-order valence-corrected chi connectivity index (χ2v) is 5.14. The van der Waals surface area contributed by atoms with Crippen molar-refractivity contribution in [2.75, 3.05) is 0 Å². The molecule has 114 valence electrons. The fourth-order valence-corrected chi connectivity index (χ4v) is 2.07. The van der Waals surface area contributed by atoms with Gasteiger partial charge in [0.05, 0.1) is 11.2 Å². The van der Waals surface area contributed by atoms with E-state index in [1.165, 1.54) is 12.1 Å². The summed E-state index contributed by atoms with van der Waals surface area (Å²) in [5, 5.41) is 8.30. The molecular formula is C14H12Cl2N4O2. The Morgan fingerprint density at radius 1 is 1.45 bits per heavy atom. The predicted octanol–water partition coefficient (Wildman–Crippen LogP) is 2.60. The summed E-state index contributed by atoms with van der Waals surface area (Å²) in [6.07, 6.45) is 6.12. The lowest BCUT2D eigenvalue weighted by Gasteiger charge is -2.03. The zero-order valence-corrected chi connectivity index (χ0v) is 13.0. The van der Waals surface area contributed by atoms with Crippen molar-refractivity contribution in [3.05, 3.63) is 57.8 Å². The molecule has 0 aliphatic heterocycles. The molecule has 2 aromatic rings. The van der Waals surface area contributed by atoms with Gasteiger partial charge in [-0.3, -0.25) is 4.68 Å². The number of hydrogen-bond acceptors (Lipinski definition) is 4. The van der Waals surface area contributed by atoms with Gasteiger partial charge >= 0.3 is 5.97 Å². The number of nitrogens with two attached hydrogens (primary N) is 1. The van der Waals surface area contributed by atoms with Crippen LogP contribution >= 0.6 is 23.2 Å². The van der Waals surface area contributed by atoms with Crippen LogP contribution in [0.3, 0.4) is 0 Å². The van der Waals surface area contributed by atoms with Crippen LogP contribution in [0.15, 0.2) is 41.8 Å². The van der Waals surface area contributed by atoms with E-state index in [0.717, 1.165) is 5.56 Å². The zero-order valence-electron chi connectivity index (χ0n) is 11.5. The highest BCUT2D eigenvalue weighted by Gasteiger charge is 2.07. The Hall–Kier alpha value is -2.31. The van der Waals surface area contributed by atoms with E-state index < -0.39 is 5.97 Å². The third-order valence-corrected chi connectivity index (χ3v) is 3.13. The first-order valence-corrected chi connectivity index (χ1v) is 6.88. The number of amidine groups is 1. The number of aryl methyl sites for hydroxylation is 1. The Morgan fingerprint density at radius 2 is 2.23 bits per heavy atom. The van der Waals surface area contributed by atoms with Crippen molar-refractivity contribution in [3.63, 3.8) is 0 Å². The van der Waals surface area contributed by atoms with Gasteiger partial charge in [0.2, 0.25) is 0 Å². The lowest BCUT2D eigenvalue weighted by Crippen LogP contribution is -2.15. The fourth-order valence-electron chi connectivity index (χ4n) is 1.56. The maximum absolute atomic E-state index is 11.5. The van der Waals surface area contributed by atoms with Crippen molar-refractivity contribution in [1.82, 2.24) is 9.78 Å². The Bertz CT molecular complexity index is 753. The molecule has 6 nitrogen and oxygen atoms in total. The van der Waals surface area contributed by atoms with Crippen molar-refractivity contribution < 1.29 is 9.63 Å². The van der Waals surface area contributed by atoms with Crippen molar-refractivity contribution in [1.29, 1.82) is 0 Å². The van der Waals surface area contributed by atoms with Gasteiger partial charge in [0, 0.05) is 35.5 Å².